The van der Waals surface area contributed by atoms with Gasteiger partial charge >= 0.3 is 10.3 Å². The standard InChI is InChI=1S/C6H14N2O8S/c7-6(2-10,8-17(14,15)16)5(13)4(12)3(11)1-9/h2-5,8-9,11-13H,1,7H2,(H,14,15,16)/t3-,4+,5+,6-/m1/s1. The van der Waals surface area contributed by atoms with E-state index < -0.39 is 40.9 Å². The first-order chi connectivity index (χ1) is 7.57. The Morgan fingerprint density at radius 2 is 1.82 bits per heavy atom. The molecule has 0 spiro atoms. The lowest BCUT2D eigenvalue weighted by molar-refractivity contribution is -0.130. The Morgan fingerprint density at radius 1 is 1.35 bits per heavy atom. The van der Waals surface area contributed by atoms with Gasteiger partial charge in [-0.15, -0.1) is 0 Å². The Morgan fingerprint density at radius 3 is 2.12 bits per heavy atom. The number of rotatable bonds is 7. The molecule has 17 heavy (non-hydrogen) atoms. The first-order valence-corrected chi connectivity index (χ1v) is 5.68. The first kappa shape index (κ1) is 16.3. The van der Waals surface area contributed by atoms with E-state index in [1.807, 2.05) is 0 Å². The number of aliphatic hydroxyl groups is 4. The van der Waals surface area contributed by atoms with Crippen molar-refractivity contribution in [1.29, 1.82) is 0 Å². The van der Waals surface area contributed by atoms with Crippen molar-refractivity contribution in [2.75, 3.05) is 6.61 Å². The minimum Gasteiger partial charge on any atom is -0.394 e. The summed E-state index contributed by atoms with van der Waals surface area (Å²) in [6.45, 7) is -0.959. The molecule has 4 atom stereocenters. The van der Waals surface area contributed by atoms with Crippen LogP contribution < -0.4 is 10.5 Å². The van der Waals surface area contributed by atoms with Crippen LogP contribution in [0.15, 0.2) is 0 Å². The molecular formula is C6H14N2O8S. The van der Waals surface area contributed by atoms with Crippen molar-refractivity contribution in [3.63, 3.8) is 0 Å². The van der Waals surface area contributed by atoms with Gasteiger partial charge in [0.05, 0.1) is 6.61 Å². The van der Waals surface area contributed by atoms with Crippen LogP contribution in [-0.2, 0) is 15.1 Å². The van der Waals surface area contributed by atoms with Crippen LogP contribution in [0.5, 0.6) is 0 Å². The Kier molecular flexibility index (Phi) is 5.57. The highest BCUT2D eigenvalue weighted by atomic mass is 32.2. The maximum Gasteiger partial charge on any atom is 0.335 e. The van der Waals surface area contributed by atoms with Crippen molar-refractivity contribution in [3.05, 3.63) is 0 Å². The maximum absolute atomic E-state index is 10.6. The number of hydrogen-bond donors (Lipinski definition) is 7. The van der Waals surface area contributed by atoms with Crippen molar-refractivity contribution in [1.82, 2.24) is 4.72 Å². The smallest absolute Gasteiger partial charge is 0.335 e. The number of aldehydes is 1. The van der Waals surface area contributed by atoms with Crippen LogP contribution in [0.25, 0.3) is 0 Å². The summed E-state index contributed by atoms with van der Waals surface area (Å²) in [5.41, 5.74) is 2.35. The quantitative estimate of drug-likeness (QED) is 0.136. The van der Waals surface area contributed by atoms with Crippen molar-refractivity contribution in [3.8, 4) is 0 Å². The number of aliphatic hydroxyl groups excluding tert-OH is 4. The Hall–Kier alpha value is -0.660. The molecule has 0 bridgehead atoms. The van der Waals surface area contributed by atoms with Gasteiger partial charge in [0.1, 0.15) is 18.3 Å². The van der Waals surface area contributed by atoms with Crippen molar-refractivity contribution < 1.29 is 38.2 Å². The molecule has 11 heteroatoms. The van der Waals surface area contributed by atoms with E-state index in [0.29, 0.717) is 0 Å². The van der Waals surface area contributed by atoms with Gasteiger partial charge in [0, 0.05) is 0 Å². The van der Waals surface area contributed by atoms with Gasteiger partial charge in [0.15, 0.2) is 11.9 Å². The van der Waals surface area contributed by atoms with Crippen LogP contribution in [0.4, 0.5) is 0 Å². The third-order valence-corrected chi connectivity index (χ3v) is 2.51. The van der Waals surface area contributed by atoms with E-state index in [4.69, 9.17) is 20.5 Å². The molecule has 0 unspecified atom stereocenters. The number of carbonyl (C=O) groups excluding carboxylic acids is 1. The highest BCUT2D eigenvalue weighted by molar-refractivity contribution is 7.83. The fourth-order valence-electron chi connectivity index (χ4n) is 0.979. The van der Waals surface area contributed by atoms with Crippen LogP contribution in [0.1, 0.15) is 0 Å². The largest absolute Gasteiger partial charge is 0.394 e. The molecule has 0 rings (SSSR count). The molecule has 0 fully saturated rings. The van der Waals surface area contributed by atoms with Gasteiger partial charge in [-0.3, -0.25) is 9.35 Å². The summed E-state index contributed by atoms with van der Waals surface area (Å²) in [6, 6.07) is 0. The van der Waals surface area contributed by atoms with E-state index in [0.717, 1.165) is 0 Å². The first-order valence-electron chi connectivity index (χ1n) is 4.24. The molecule has 0 aromatic carbocycles. The fourth-order valence-corrected chi connectivity index (χ4v) is 1.59. The van der Waals surface area contributed by atoms with Crippen molar-refractivity contribution in [2.45, 2.75) is 24.0 Å². The third kappa shape index (κ3) is 4.61. The van der Waals surface area contributed by atoms with Gasteiger partial charge in [-0.05, 0) is 0 Å². The average molecular weight is 274 g/mol. The van der Waals surface area contributed by atoms with Crippen LogP contribution in [0, 0.1) is 0 Å². The zero-order chi connectivity index (χ0) is 13.9. The molecule has 0 aliphatic carbocycles. The van der Waals surface area contributed by atoms with Crippen molar-refractivity contribution >= 4 is 16.6 Å². The molecule has 0 amide bonds. The molecule has 0 aliphatic heterocycles. The number of nitrogens with one attached hydrogen (secondary N) is 1. The molecule has 10 nitrogen and oxygen atoms in total. The van der Waals surface area contributed by atoms with Gasteiger partial charge in [-0.1, -0.05) is 0 Å². The van der Waals surface area contributed by atoms with E-state index in [9.17, 15) is 23.4 Å². The van der Waals surface area contributed by atoms with Crippen molar-refractivity contribution in [2.24, 2.45) is 5.73 Å². The van der Waals surface area contributed by atoms with Gasteiger partial charge in [0.25, 0.3) is 0 Å². The second kappa shape index (κ2) is 5.79. The predicted octanol–water partition coefficient (Wildman–Crippen LogP) is -4.69. The normalized spacial score (nSPS) is 21.3. The summed E-state index contributed by atoms with van der Waals surface area (Å²) < 4.78 is 30.6. The molecule has 8 N–H and O–H groups in total. The minimum absolute atomic E-state index is 0.279. The SMILES string of the molecule is N[C@](C=O)(NS(=O)(=O)O)[C@@H](O)[C@@H](O)[C@H](O)CO. The monoisotopic (exact) mass is 274 g/mol. The zero-order valence-electron chi connectivity index (χ0n) is 8.46. The fraction of sp³-hybridized carbons (Fsp3) is 0.833. The highest BCUT2D eigenvalue weighted by Crippen LogP contribution is 2.10. The van der Waals surface area contributed by atoms with E-state index in [-0.39, 0.29) is 6.29 Å². The topological polar surface area (TPSA) is 190 Å². The Balaban J connectivity index is 5.04. The summed E-state index contributed by atoms with van der Waals surface area (Å²) in [5, 5.41) is 36.1. The molecule has 0 aromatic rings. The molecule has 102 valence electrons. The summed E-state index contributed by atoms with van der Waals surface area (Å²) in [7, 11) is -4.93. The summed E-state index contributed by atoms with van der Waals surface area (Å²) in [4.78, 5) is 10.6. The molecule has 0 aromatic heterocycles. The zero-order valence-corrected chi connectivity index (χ0v) is 9.28. The van der Waals surface area contributed by atoms with E-state index in [2.05, 4.69) is 0 Å². The van der Waals surface area contributed by atoms with E-state index in [1.54, 1.807) is 0 Å². The molecule has 0 aliphatic rings. The molecule has 0 heterocycles. The van der Waals surface area contributed by atoms with Gasteiger partial charge in [0.2, 0.25) is 0 Å². The molecular weight excluding hydrogens is 260 g/mol. The van der Waals surface area contributed by atoms with E-state index >= 15 is 0 Å². The van der Waals surface area contributed by atoms with Crippen LogP contribution in [-0.4, -0.2) is 70.3 Å². The lowest BCUT2D eigenvalue weighted by Crippen LogP contribution is -2.69. The Labute approximate surface area is 96.6 Å². The summed E-state index contributed by atoms with van der Waals surface area (Å²) in [6.07, 6.45) is -6.52. The van der Waals surface area contributed by atoms with E-state index in [1.165, 1.54) is 4.72 Å². The molecule has 0 saturated heterocycles. The lowest BCUT2D eigenvalue weighted by atomic mass is 9.98. The van der Waals surface area contributed by atoms with Crippen LogP contribution in [0.3, 0.4) is 0 Å². The van der Waals surface area contributed by atoms with Crippen LogP contribution in [0.2, 0.25) is 0 Å². The highest BCUT2D eigenvalue weighted by Gasteiger charge is 2.43. The number of hydrogen-bond acceptors (Lipinski definition) is 8. The second-order valence-electron chi connectivity index (χ2n) is 3.31. The number of nitrogens with two attached hydrogens (primary N) is 1. The molecule has 0 saturated carbocycles. The predicted molar refractivity (Wildman–Crippen MR) is 52.8 cm³/mol. The lowest BCUT2D eigenvalue weighted by Gasteiger charge is -2.32. The van der Waals surface area contributed by atoms with Gasteiger partial charge < -0.3 is 26.2 Å². The second-order valence-corrected chi connectivity index (χ2v) is 4.47. The van der Waals surface area contributed by atoms with Gasteiger partial charge in [-0.25, -0.2) is 0 Å². The molecule has 0 radical (unpaired) electrons. The maximum atomic E-state index is 10.6. The minimum atomic E-state index is -4.93. The Bertz CT molecular complexity index is 359. The summed E-state index contributed by atoms with van der Waals surface area (Å²) >= 11 is 0. The third-order valence-electron chi connectivity index (χ3n) is 1.89. The van der Waals surface area contributed by atoms with Crippen LogP contribution >= 0.6 is 0 Å². The number of carbonyl (C=O) groups is 1. The average Bonchev–Trinajstić information content (AvgIpc) is 2.23. The van der Waals surface area contributed by atoms with Gasteiger partial charge in [-0.2, -0.15) is 13.1 Å². The summed E-state index contributed by atoms with van der Waals surface area (Å²) in [5.74, 6) is 0.